The van der Waals surface area contributed by atoms with Gasteiger partial charge in [-0.15, -0.1) is 0 Å². The lowest BCUT2D eigenvalue weighted by molar-refractivity contribution is 0.248. The Morgan fingerprint density at radius 2 is 1.58 bits per heavy atom. The van der Waals surface area contributed by atoms with Crippen LogP contribution in [0.4, 0.5) is 0 Å². The van der Waals surface area contributed by atoms with Gasteiger partial charge in [-0.2, -0.15) is 0 Å². The van der Waals surface area contributed by atoms with Gasteiger partial charge in [0.25, 0.3) is 0 Å². The Morgan fingerprint density at radius 3 is 2.28 bits per heavy atom. The summed E-state index contributed by atoms with van der Waals surface area (Å²) in [5, 5.41) is 0.875. The Kier molecular flexibility index (Phi) is 10.7. The number of pyridine rings is 1. The first-order valence-electron chi connectivity index (χ1n) is 13.2. The quantitative estimate of drug-likeness (QED) is 0.123. The van der Waals surface area contributed by atoms with Crippen LogP contribution in [-0.2, 0) is 21.7 Å². The van der Waals surface area contributed by atoms with Gasteiger partial charge in [-0.25, -0.2) is 4.79 Å². The fraction of sp³-hybridized carbons (Fsp3) is 0.517. The van der Waals surface area contributed by atoms with E-state index in [9.17, 15) is 4.79 Å². The predicted molar refractivity (Wildman–Crippen MR) is 148 cm³/mol. The second-order valence-corrected chi connectivity index (χ2v) is 13.0. The fourth-order valence-electron chi connectivity index (χ4n) is 4.36. The summed E-state index contributed by atoms with van der Waals surface area (Å²) in [6.45, 7) is 6.91. The first-order chi connectivity index (χ1) is 17.4. The second-order valence-electron chi connectivity index (χ2n) is 9.41. The Morgan fingerprint density at radius 1 is 0.861 bits per heavy atom. The standard InChI is InChI=1S/C29H41NO5Si/c1-6-23-15-17-25(27(7-2)30-23)26-20-22-14-16-24(21-28(22)35-29(26)31)34-18-12-10-8-9-11-13-19-36(5,32-3)33-4/h14-17,20-21H,6-13,18-19H2,1-5H3. The van der Waals surface area contributed by atoms with E-state index in [1.54, 1.807) is 14.2 Å². The Labute approximate surface area is 216 Å². The molecule has 0 saturated carbocycles. The third-order valence-corrected chi connectivity index (χ3v) is 9.87. The third-order valence-electron chi connectivity index (χ3n) is 6.88. The van der Waals surface area contributed by atoms with E-state index < -0.39 is 8.56 Å². The topological polar surface area (TPSA) is 70.8 Å². The van der Waals surface area contributed by atoms with Gasteiger partial charge in [0.15, 0.2) is 0 Å². The average Bonchev–Trinajstić information content (AvgIpc) is 2.91. The number of hydrogen-bond acceptors (Lipinski definition) is 6. The zero-order valence-corrected chi connectivity index (χ0v) is 23.5. The maximum atomic E-state index is 12.8. The summed E-state index contributed by atoms with van der Waals surface area (Å²) in [6.07, 6.45) is 8.56. The van der Waals surface area contributed by atoms with Crippen LogP contribution in [0.25, 0.3) is 22.1 Å². The molecule has 0 amide bonds. The number of benzene rings is 1. The van der Waals surface area contributed by atoms with Crippen molar-refractivity contribution >= 4 is 19.5 Å². The van der Waals surface area contributed by atoms with Crippen molar-refractivity contribution in [2.75, 3.05) is 20.8 Å². The molecule has 2 heterocycles. The number of nitrogens with zero attached hydrogens (tertiary/aromatic N) is 1. The van der Waals surface area contributed by atoms with Crippen molar-refractivity contribution in [3.63, 3.8) is 0 Å². The summed E-state index contributed by atoms with van der Waals surface area (Å²) in [5.74, 6) is 0.727. The Hall–Kier alpha value is -2.48. The molecule has 0 aliphatic heterocycles. The van der Waals surface area contributed by atoms with Gasteiger partial charge in [-0.05, 0) is 56.1 Å². The number of aryl methyl sites for hydroxylation is 2. The van der Waals surface area contributed by atoms with E-state index in [1.807, 2.05) is 36.4 Å². The van der Waals surface area contributed by atoms with Crippen LogP contribution >= 0.6 is 0 Å². The molecule has 2 aromatic heterocycles. The van der Waals surface area contributed by atoms with E-state index in [0.717, 1.165) is 66.2 Å². The molecule has 1 aromatic carbocycles. The van der Waals surface area contributed by atoms with Gasteiger partial charge in [-0.1, -0.05) is 52.0 Å². The van der Waals surface area contributed by atoms with Crippen LogP contribution in [0.5, 0.6) is 5.75 Å². The molecule has 3 aromatic rings. The van der Waals surface area contributed by atoms with Gasteiger partial charge in [0.2, 0.25) is 0 Å². The smallest absolute Gasteiger partial charge is 0.344 e. The van der Waals surface area contributed by atoms with Crippen LogP contribution in [0.3, 0.4) is 0 Å². The molecular formula is C29H41NO5Si. The lowest BCUT2D eigenvalue weighted by Crippen LogP contribution is -2.35. The van der Waals surface area contributed by atoms with Gasteiger partial charge in [0.05, 0.1) is 12.2 Å². The summed E-state index contributed by atoms with van der Waals surface area (Å²) < 4.78 is 22.7. The summed E-state index contributed by atoms with van der Waals surface area (Å²) in [7, 11) is 1.59. The molecule has 0 unspecified atom stereocenters. The van der Waals surface area contributed by atoms with Crippen molar-refractivity contribution in [1.82, 2.24) is 4.98 Å². The second kappa shape index (κ2) is 13.7. The van der Waals surface area contributed by atoms with Crippen molar-refractivity contribution in [1.29, 1.82) is 0 Å². The minimum absolute atomic E-state index is 0.348. The molecule has 0 saturated heterocycles. The number of aromatic nitrogens is 1. The van der Waals surface area contributed by atoms with Crippen LogP contribution in [0.1, 0.15) is 63.8 Å². The van der Waals surface area contributed by atoms with Crippen LogP contribution in [0, 0.1) is 0 Å². The van der Waals surface area contributed by atoms with Crippen molar-refractivity contribution < 1.29 is 18.0 Å². The van der Waals surface area contributed by atoms with Crippen molar-refractivity contribution in [3.05, 3.63) is 58.2 Å². The lowest BCUT2D eigenvalue weighted by Gasteiger charge is -2.22. The lowest BCUT2D eigenvalue weighted by atomic mass is 10.0. The highest BCUT2D eigenvalue weighted by Crippen LogP contribution is 2.27. The molecule has 6 nitrogen and oxygen atoms in total. The van der Waals surface area contributed by atoms with Gasteiger partial charge in [-0.3, -0.25) is 4.98 Å². The Balaban J connectivity index is 1.50. The number of hydrogen-bond donors (Lipinski definition) is 0. The summed E-state index contributed by atoms with van der Waals surface area (Å²) in [4.78, 5) is 17.5. The van der Waals surface area contributed by atoms with Crippen LogP contribution in [0.2, 0.25) is 12.6 Å². The number of ether oxygens (including phenoxy) is 1. The van der Waals surface area contributed by atoms with Gasteiger partial charge in [0.1, 0.15) is 11.3 Å². The summed E-state index contributed by atoms with van der Waals surface area (Å²) in [6, 6.07) is 12.6. The molecule has 0 aliphatic rings. The average molecular weight is 512 g/mol. The maximum Gasteiger partial charge on any atom is 0.344 e. The van der Waals surface area contributed by atoms with E-state index in [1.165, 1.54) is 19.3 Å². The first kappa shape index (κ1) is 28.1. The van der Waals surface area contributed by atoms with Crippen molar-refractivity contribution in [2.45, 2.75) is 77.8 Å². The number of fused-ring (bicyclic) bond motifs is 1. The molecule has 3 rings (SSSR count). The number of rotatable bonds is 15. The molecule has 0 spiro atoms. The SMILES string of the molecule is CCc1ccc(-c2cc3ccc(OCCCCCCCC[Si](C)(OC)OC)cc3oc2=O)c(CC)n1. The zero-order valence-electron chi connectivity index (χ0n) is 22.5. The van der Waals surface area contributed by atoms with E-state index in [0.29, 0.717) is 17.8 Å². The highest BCUT2D eigenvalue weighted by molar-refractivity contribution is 6.65. The minimum Gasteiger partial charge on any atom is -0.493 e. The predicted octanol–water partition coefficient (Wildman–Crippen LogP) is 7.06. The molecule has 0 bridgehead atoms. The number of unbranched alkanes of at least 4 members (excludes halogenated alkanes) is 5. The molecule has 36 heavy (non-hydrogen) atoms. The van der Waals surface area contributed by atoms with E-state index >= 15 is 0 Å². The van der Waals surface area contributed by atoms with E-state index in [2.05, 4.69) is 20.4 Å². The highest BCUT2D eigenvalue weighted by Gasteiger charge is 2.27. The molecular weight excluding hydrogens is 470 g/mol. The fourth-order valence-corrected chi connectivity index (χ4v) is 5.83. The van der Waals surface area contributed by atoms with Gasteiger partial charge >= 0.3 is 14.2 Å². The normalized spacial score (nSPS) is 11.8. The van der Waals surface area contributed by atoms with Gasteiger partial charge in [0, 0.05) is 42.6 Å². The molecule has 7 heteroatoms. The van der Waals surface area contributed by atoms with Crippen LogP contribution in [0.15, 0.2) is 45.6 Å². The largest absolute Gasteiger partial charge is 0.493 e. The maximum absolute atomic E-state index is 12.8. The summed E-state index contributed by atoms with van der Waals surface area (Å²) >= 11 is 0. The van der Waals surface area contributed by atoms with Crippen molar-refractivity contribution in [2.24, 2.45) is 0 Å². The van der Waals surface area contributed by atoms with Crippen molar-refractivity contribution in [3.8, 4) is 16.9 Å². The molecule has 0 fully saturated rings. The zero-order chi connectivity index (χ0) is 26.0. The van der Waals surface area contributed by atoms with E-state index in [4.69, 9.17) is 23.0 Å². The van der Waals surface area contributed by atoms with Crippen LogP contribution in [-0.4, -0.2) is 34.4 Å². The molecule has 196 valence electrons. The molecule has 0 atom stereocenters. The van der Waals surface area contributed by atoms with Crippen LogP contribution < -0.4 is 10.4 Å². The molecule has 0 radical (unpaired) electrons. The van der Waals surface area contributed by atoms with Gasteiger partial charge < -0.3 is 18.0 Å². The molecule has 0 aliphatic carbocycles. The Bertz CT molecular complexity index is 1170. The monoisotopic (exact) mass is 511 g/mol. The minimum atomic E-state index is -1.92. The van der Waals surface area contributed by atoms with E-state index in [-0.39, 0.29) is 5.63 Å². The molecule has 0 N–H and O–H groups in total. The highest BCUT2D eigenvalue weighted by atomic mass is 28.4. The summed E-state index contributed by atoms with van der Waals surface area (Å²) in [5.41, 5.74) is 3.55. The third kappa shape index (κ3) is 7.51. The first-order valence-corrected chi connectivity index (χ1v) is 15.8.